The Morgan fingerprint density at radius 3 is 2.41 bits per heavy atom. The molecule has 0 fully saturated rings. The lowest BCUT2D eigenvalue weighted by atomic mass is 10.1. The van der Waals surface area contributed by atoms with Gasteiger partial charge in [-0.05, 0) is 67.6 Å². The Labute approximate surface area is 251 Å². The summed E-state index contributed by atoms with van der Waals surface area (Å²) in [5.41, 5.74) is 2.92. The van der Waals surface area contributed by atoms with Crippen molar-refractivity contribution in [2.75, 3.05) is 32.3 Å². The third-order valence-corrected chi connectivity index (χ3v) is 7.20. The van der Waals surface area contributed by atoms with Crippen LogP contribution in [0.15, 0.2) is 71.3 Å². The zero-order valence-electron chi connectivity index (χ0n) is 24.2. The van der Waals surface area contributed by atoms with Crippen molar-refractivity contribution in [2.45, 2.75) is 20.1 Å². The van der Waals surface area contributed by atoms with Gasteiger partial charge in [-0.1, -0.05) is 5.21 Å². The molecule has 12 heteroatoms. The first-order valence-corrected chi connectivity index (χ1v) is 13.8. The summed E-state index contributed by atoms with van der Waals surface area (Å²) in [6, 6.07) is 17.4. The second kappa shape index (κ2) is 11.9. The van der Waals surface area contributed by atoms with Gasteiger partial charge in [-0.15, -0.1) is 5.10 Å². The maximum Gasteiger partial charge on any atom is 0.342 e. The summed E-state index contributed by atoms with van der Waals surface area (Å²) in [7, 11) is 3.09. The topological polar surface area (TPSA) is 135 Å². The first kappa shape index (κ1) is 28.5. The molecule has 0 saturated heterocycles. The molecule has 6 rings (SSSR count). The van der Waals surface area contributed by atoms with Gasteiger partial charge in [-0.3, -0.25) is 14.3 Å². The fourth-order valence-electron chi connectivity index (χ4n) is 5.02. The summed E-state index contributed by atoms with van der Waals surface area (Å²) in [6.07, 6.45) is 1.71. The van der Waals surface area contributed by atoms with Gasteiger partial charge in [0.25, 0.3) is 11.7 Å². The van der Waals surface area contributed by atoms with Crippen LogP contribution in [0.4, 0.5) is 5.69 Å². The predicted molar refractivity (Wildman–Crippen MR) is 158 cm³/mol. The number of amides is 1. The maximum atomic E-state index is 13.0. The molecule has 0 atom stereocenters. The Kier molecular flexibility index (Phi) is 7.71. The Morgan fingerprint density at radius 1 is 0.909 bits per heavy atom. The summed E-state index contributed by atoms with van der Waals surface area (Å²) in [5, 5.41) is 8.85. The van der Waals surface area contributed by atoms with Gasteiger partial charge in [0.05, 0.1) is 44.8 Å². The number of fused-ring (bicyclic) bond motifs is 2. The van der Waals surface area contributed by atoms with Gasteiger partial charge in [-0.25, -0.2) is 4.79 Å². The van der Waals surface area contributed by atoms with Crippen LogP contribution in [0, 0.1) is 0 Å². The van der Waals surface area contributed by atoms with Crippen LogP contribution < -0.4 is 19.1 Å². The summed E-state index contributed by atoms with van der Waals surface area (Å²) in [6.45, 7) is 2.61. The van der Waals surface area contributed by atoms with Crippen molar-refractivity contribution in [2.24, 2.45) is 0 Å². The van der Waals surface area contributed by atoms with E-state index in [-0.39, 0.29) is 19.8 Å². The van der Waals surface area contributed by atoms with E-state index in [0.717, 1.165) is 0 Å². The van der Waals surface area contributed by atoms with Crippen molar-refractivity contribution < 1.29 is 37.7 Å². The van der Waals surface area contributed by atoms with Crippen molar-refractivity contribution in [3.63, 3.8) is 0 Å². The van der Waals surface area contributed by atoms with Gasteiger partial charge in [0.2, 0.25) is 0 Å². The number of ketones is 1. The van der Waals surface area contributed by atoms with Gasteiger partial charge in [0, 0.05) is 17.5 Å². The van der Waals surface area contributed by atoms with E-state index in [4.69, 9.17) is 23.4 Å². The van der Waals surface area contributed by atoms with Crippen LogP contribution >= 0.6 is 0 Å². The number of benzene rings is 3. The number of ether oxygens (including phenoxy) is 4. The summed E-state index contributed by atoms with van der Waals surface area (Å²) in [4.78, 5) is 39.5. The van der Waals surface area contributed by atoms with E-state index in [1.165, 1.54) is 12.0 Å². The normalized spacial score (nSPS) is 12.5. The summed E-state index contributed by atoms with van der Waals surface area (Å²) < 4.78 is 29.4. The lowest BCUT2D eigenvalue weighted by Gasteiger charge is -2.16. The van der Waals surface area contributed by atoms with Crippen molar-refractivity contribution in [3.05, 3.63) is 83.7 Å². The molecule has 3 aromatic carbocycles. The van der Waals surface area contributed by atoms with Crippen molar-refractivity contribution in [3.8, 4) is 28.6 Å². The van der Waals surface area contributed by atoms with Crippen LogP contribution in [-0.2, 0) is 22.7 Å². The second-order valence-electron chi connectivity index (χ2n) is 9.84. The average Bonchev–Trinajstić information content (AvgIpc) is 3.73. The molecular formula is C32H28N4O8. The molecule has 0 radical (unpaired) electrons. The highest BCUT2D eigenvalue weighted by Gasteiger charge is 2.36. The maximum absolute atomic E-state index is 13.0. The molecule has 3 heterocycles. The van der Waals surface area contributed by atoms with Crippen LogP contribution in [0.2, 0.25) is 0 Å². The van der Waals surface area contributed by atoms with E-state index < -0.39 is 17.7 Å². The Bertz CT molecular complexity index is 1880. The molecule has 0 spiro atoms. The zero-order chi connectivity index (χ0) is 30.8. The fourth-order valence-corrected chi connectivity index (χ4v) is 5.02. The van der Waals surface area contributed by atoms with E-state index >= 15 is 0 Å². The van der Waals surface area contributed by atoms with E-state index in [2.05, 4.69) is 10.3 Å². The molecule has 12 nitrogen and oxygen atoms in total. The molecule has 0 saturated carbocycles. The zero-order valence-corrected chi connectivity index (χ0v) is 24.2. The van der Waals surface area contributed by atoms with Gasteiger partial charge < -0.3 is 28.3 Å². The summed E-state index contributed by atoms with van der Waals surface area (Å²) >= 11 is 0. The first-order chi connectivity index (χ1) is 21.4. The fraction of sp³-hybridized carbons (Fsp3) is 0.219. The number of nitrogens with zero attached hydrogens (tertiary/aromatic N) is 4. The SMILES string of the molecule is CCOC(=O)c1c(-c2ccc(OC)cc2)oc2ccc(OCc3cn(CCN4C(=O)C(=O)c5cc(OC)ccc54)nn3)cc12. The number of Topliss-reactive ketones (excluding diaryl/α,β-unsaturated/α-hetero) is 1. The summed E-state index contributed by atoms with van der Waals surface area (Å²) in [5.74, 6) is 0.411. The van der Waals surface area contributed by atoms with Gasteiger partial charge in [-0.2, -0.15) is 0 Å². The van der Waals surface area contributed by atoms with Gasteiger partial charge >= 0.3 is 5.97 Å². The number of hydrogen-bond acceptors (Lipinski definition) is 10. The monoisotopic (exact) mass is 596 g/mol. The smallest absolute Gasteiger partial charge is 0.342 e. The number of hydrogen-bond donors (Lipinski definition) is 0. The number of methoxy groups -OCH3 is 2. The van der Waals surface area contributed by atoms with Crippen molar-refractivity contribution in [1.82, 2.24) is 15.0 Å². The number of carbonyl (C=O) groups is 3. The van der Waals surface area contributed by atoms with Crippen LogP contribution in [0.3, 0.4) is 0 Å². The van der Waals surface area contributed by atoms with E-state index in [9.17, 15) is 14.4 Å². The number of aromatic nitrogens is 3. The molecule has 224 valence electrons. The number of anilines is 1. The number of esters is 1. The molecule has 0 bridgehead atoms. The second-order valence-corrected chi connectivity index (χ2v) is 9.84. The lowest BCUT2D eigenvalue weighted by Crippen LogP contribution is -2.32. The highest BCUT2D eigenvalue weighted by molar-refractivity contribution is 6.52. The molecule has 0 unspecified atom stereocenters. The lowest BCUT2D eigenvalue weighted by molar-refractivity contribution is -0.114. The van der Waals surface area contributed by atoms with E-state index in [1.54, 1.807) is 73.4 Å². The Morgan fingerprint density at radius 2 is 1.66 bits per heavy atom. The van der Waals surface area contributed by atoms with Gasteiger partial charge in [0.1, 0.15) is 46.5 Å². The minimum absolute atomic E-state index is 0.104. The molecule has 44 heavy (non-hydrogen) atoms. The molecular weight excluding hydrogens is 568 g/mol. The van der Waals surface area contributed by atoms with E-state index in [0.29, 0.717) is 68.6 Å². The number of furan rings is 1. The quantitative estimate of drug-likeness (QED) is 0.156. The Balaban J connectivity index is 1.16. The third kappa shape index (κ3) is 5.33. The molecule has 0 N–H and O–H groups in total. The van der Waals surface area contributed by atoms with Crippen molar-refractivity contribution in [1.29, 1.82) is 0 Å². The largest absolute Gasteiger partial charge is 0.497 e. The van der Waals surface area contributed by atoms with Crippen molar-refractivity contribution >= 4 is 34.3 Å². The molecule has 1 aliphatic heterocycles. The van der Waals surface area contributed by atoms with E-state index in [1.807, 2.05) is 12.1 Å². The molecule has 5 aromatic rings. The van der Waals surface area contributed by atoms with Gasteiger partial charge in [0.15, 0.2) is 0 Å². The highest BCUT2D eigenvalue weighted by atomic mass is 16.5. The number of carbonyl (C=O) groups excluding carboxylic acids is 3. The number of rotatable bonds is 11. The molecule has 1 amide bonds. The molecule has 1 aliphatic rings. The van der Waals surface area contributed by atoms with Crippen LogP contribution in [0.25, 0.3) is 22.3 Å². The molecule has 2 aromatic heterocycles. The first-order valence-electron chi connectivity index (χ1n) is 13.8. The van der Waals surface area contributed by atoms with Crippen LogP contribution in [-0.4, -0.2) is 60.0 Å². The molecule has 0 aliphatic carbocycles. The highest BCUT2D eigenvalue weighted by Crippen LogP contribution is 2.37. The minimum atomic E-state index is -0.594. The standard InChI is InChI=1S/C32H28N4O8/c1-4-42-32(39)28-25-16-23(10-12-27(25)44-30(28)19-5-7-21(40-2)8-6-19)43-18-20-17-35(34-33-20)13-14-36-26-11-9-22(41-3)15-24(26)29(37)31(36)38/h5-12,15-17H,4,13-14,18H2,1-3H3. The average molecular weight is 597 g/mol. The predicted octanol–water partition coefficient (Wildman–Crippen LogP) is 4.69. The third-order valence-electron chi connectivity index (χ3n) is 7.20. The minimum Gasteiger partial charge on any atom is -0.497 e. The van der Waals surface area contributed by atoms with Crippen LogP contribution in [0.5, 0.6) is 17.2 Å². The Hall–Kier alpha value is -5.65. The van der Waals surface area contributed by atoms with Crippen LogP contribution in [0.1, 0.15) is 33.3 Å².